The Bertz CT molecular complexity index is 669. The second-order valence-electron chi connectivity index (χ2n) is 5.65. The van der Waals surface area contributed by atoms with Crippen LogP contribution in [0.5, 0.6) is 0 Å². The van der Waals surface area contributed by atoms with Gasteiger partial charge in [-0.05, 0) is 30.5 Å². The first-order chi connectivity index (χ1) is 11.2. The first kappa shape index (κ1) is 16.0. The first-order valence-electron chi connectivity index (χ1n) is 7.65. The molecule has 1 aromatic heterocycles. The number of amides is 1. The van der Waals surface area contributed by atoms with Crippen LogP contribution in [0.15, 0.2) is 34.9 Å². The lowest BCUT2D eigenvalue weighted by Gasteiger charge is -2.21. The molecule has 1 aliphatic heterocycles. The first-order valence-corrected chi connectivity index (χ1v) is 8.02. The van der Waals surface area contributed by atoms with Crippen molar-refractivity contribution in [2.45, 2.75) is 25.3 Å². The Hall–Kier alpha value is -1.85. The number of oxazole rings is 1. The number of carbonyl (C=O) groups excluding carboxylic acids is 1. The van der Waals surface area contributed by atoms with Crippen LogP contribution in [0.25, 0.3) is 0 Å². The Morgan fingerprint density at radius 3 is 2.96 bits per heavy atom. The topological polar surface area (TPSA) is 55.6 Å². The van der Waals surface area contributed by atoms with E-state index in [-0.39, 0.29) is 18.6 Å². The lowest BCUT2D eigenvalue weighted by Crippen LogP contribution is -2.33. The molecule has 3 rings (SSSR count). The second-order valence-corrected chi connectivity index (χ2v) is 6.08. The maximum Gasteiger partial charge on any atom is 0.249 e. The van der Waals surface area contributed by atoms with Crippen molar-refractivity contribution in [2.75, 3.05) is 20.3 Å². The monoisotopic (exact) mass is 334 g/mol. The van der Waals surface area contributed by atoms with Gasteiger partial charge in [-0.3, -0.25) is 4.79 Å². The summed E-state index contributed by atoms with van der Waals surface area (Å²) in [5.41, 5.74) is 1.11. The smallest absolute Gasteiger partial charge is 0.249 e. The molecular weight excluding hydrogens is 316 g/mol. The molecule has 1 aliphatic rings. The van der Waals surface area contributed by atoms with Crippen molar-refractivity contribution in [3.8, 4) is 0 Å². The zero-order valence-electron chi connectivity index (χ0n) is 13.0. The van der Waals surface area contributed by atoms with Gasteiger partial charge in [0.05, 0.1) is 6.20 Å². The average molecular weight is 335 g/mol. The maximum atomic E-state index is 12.1. The van der Waals surface area contributed by atoms with Gasteiger partial charge in [-0.15, -0.1) is 0 Å². The molecule has 5 nitrogen and oxygen atoms in total. The standard InChI is InChI=1S/C17H19ClN2O3/c1-22-11-16(21)20-8-2-3-15(20)17-19-10-14(23-17)9-12-4-6-13(18)7-5-12/h4-7,10,15H,2-3,8-9,11H2,1H3/t15-/m0/s1. The van der Waals surface area contributed by atoms with Crippen LogP contribution in [-0.2, 0) is 16.0 Å². The van der Waals surface area contributed by atoms with E-state index in [1.54, 1.807) is 11.1 Å². The fourth-order valence-corrected chi connectivity index (χ4v) is 3.02. The molecular formula is C17H19ClN2O3. The van der Waals surface area contributed by atoms with Gasteiger partial charge in [0.1, 0.15) is 18.4 Å². The molecule has 0 aliphatic carbocycles. The number of likely N-dealkylation sites (tertiary alicyclic amines) is 1. The molecule has 1 amide bonds. The van der Waals surface area contributed by atoms with Crippen LogP contribution < -0.4 is 0 Å². The van der Waals surface area contributed by atoms with Gasteiger partial charge in [-0.1, -0.05) is 23.7 Å². The number of ether oxygens (including phenoxy) is 1. The number of rotatable bonds is 5. The summed E-state index contributed by atoms with van der Waals surface area (Å²) in [6, 6.07) is 7.56. The molecule has 122 valence electrons. The molecule has 0 spiro atoms. The summed E-state index contributed by atoms with van der Waals surface area (Å²) in [5.74, 6) is 1.37. The molecule has 0 bridgehead atoms. The lowest BCUT2D eigenvalue weighted by atomic mass is 10.1. The van der Waals surface area contributed by atoms with Gasteiger partial charge < -0.3 is 14.1 Å². The highest BCUT2D eigenvalue weighted by atomic mass is 35.5. The number of halogens is 1. The van der Waals surface area contributed by atoms with Crippen LogP contribution in [-0.4, -0.2) is 36.1 Å². The van der Waals surface area contributed by atoms with E-state index in [0.29, 0.717) is 17.3 Å². The van der Waals surface area contributed by atoms with Crippen molar-refractivity contribution < 1.29 is 13.9 Å². The van der Waals surface area contributed by atoms with Crippen LogP contribution in [0, 0.1) is 0 Å². The van der Waals surface area contributed by atoms with E-state index >= 15 is 0 Å². The predicted octanol–water partition coefficient (Wildman–Crippen LogP) is 3.23. The number of methoxy groups -OCH3 is 1. The molecule has 1 fully saturated rings. The molecule has 0 saturated carbocycles. The third-order valence-electron chi connectivity index (χ3n) is 3.99. The number of aromatic nitrogens is 1. The van der Waals surface area contributed by atoms with Gasteiger partial charge >= 0.3 is 0 Å². The second kappa shape index (κ2) is 7.15. The van der Waals surface area contributed by atoms with Crippen molar-refractivity contribution in [1.29, 1.82) is 0 Å². The molecule has 0 N–H and O–H groups in total. The summed E-state index contributed by atoms with van der Waals surface area (Å²) in [4.78, 5) is 18.2. The van der Waals surface area contributed by atoms with E-state index < -0.39 is 0 Å². The van der Waals surface area contributed by atoms with Crippen molar-refractivity contribution in [3.05, 3.63) is 52.7 Å². The third-order valence-corrected chi connectivity index (χ3v) is 4.24. The minimum atomic E-state index is -0.0865. The Labute approximate surface area is 140 Å². The SMILES string of the molecule is COCC(=O)N1CCC[C@H]1c1ncc(Cc2ccc(Cl)cc2)o1. The summed E-state index contributed by atoms with van der Waals surface area (Å²) in [6.07, 6.45) is 4.22. The van der Waals surface area contributed by atoms with Crippen LogP contribution in [0.1, 0.15) is 36.1 Å². The van der Waals surface area contributed by atoms with E-state index in [4.69, 9.17) is 20.8 Å². The highest BCUT2D eigenvalue weighted by Gasteiger charge is 2.33. The Balaban J connectivity index is 1.70. The van der Waals surface area contributed by atoms with E-state index in [1.807, 2.05) is 24.3 Å². The summed E-state index contributed by atoms with van der Waals surface area (Å²) in [6.45, 7) is 0.816. The van der Waals surface area contributed by atoms with Gasteiger partial charge in [-0.2, -0.15) is 0 Å². The zero-order valence-corrected chi connectivity index (χ0v) is 13.8. The molecule has 0 radical (unpaired) electrons. The fraction of sp³-hybridized carbons (Fsp3) is 0.412. The third kappa shape index (κ3) is 3.74. The van der Waals surface area contributed by atoms with Gasteiger partial charge in [0.25, 0.3) is 0 Å². The molecule has 1 aromatic carbocycles. The van der Waals surface area contributed by atoms with Crippen molar-refractivity contribution >= 4 is 17.5 Å². The van der Waals surface area contributed by atoms with E-state index in [9.17, 15) is 4.79 Å². The van der Waals surface area contributed by atoms with Crippen LogP contribution >= 0.6 is 11.6 Å². The Morgan fingerprint density at radius 1 is 1.43 bits per heavy atom. The average Bonchev–Trinajstić information content (AvgIpc) is 3.18. The van der Waals surface area contributed by atoms with Crippen molar-refractivity contribution in [3.63, 3.8) is 0 Å². The summed E-state index contributed by atoms with van der Waals surface area (Å²) in [7, 11) is 1.53. The molecule has 2 aromatic rings. The molecule has 2 heterocycles. The quantitative estimate of drug-likeness (QED) is 0.842. The summed E-state index contributed by atoms with van der Waals surface area (Å²) in [5, 5.41) is 0.713. The van der Waals surface area contributed by atoms with Crippen LogP contribution in [0.3, 0.4) is 0 Å². The number of hydrogen-bond acceptors (Lipinski definition) is 4. The molecule has 0 unspecified atom stereocenters. The van der Waals surface area contributed by atoms with Gasteiger partial charge in [0, 0.05) is 25.1 Å². The zero-order chi connectivity index (χ0) is 16.2. The van der Waals surface area contributed by atoms with E-state index in [2.05, 4.69) is 4.98 Å². The summed E-state index contributed by atoms with van der Waals surface area (Å²) >= 11 is 5.89. The highest BCUT2D eigenvalue weighted by molar-refractivity contribution is 6.30. The lowest BCUT2D eigenvalue weighted by molar-refractivity contribution is -0.136. The maximum absolute atomic E-state index is 12.1. The van der Waals surface area contributed by atoms with Crippen LogP contribution in [0.4, 0.5) is 0 Å². The Morgan fingerprint density at radius 2 is 2.22 bits per heavy atom. The largest absolute Gasteiger partial charge is 0.443 e. The van der Waals surface area contributed by atoms with E-state index in [1.165, 1.54) is 7.11 Å². The predicted molar refractivity (Wildman–Crippen MR) is 86.3 cm³/mol. The molecule has 1 saturated heterocycles. The molecule has 1 atom stereocenters. The molecule has 6 heteroatoms. The number of carbonyl (C=O) groups is 1. The van der Waals surface area contributed by atoms with Crippen LogP contribution in [0.2, 0.25) is 5.02 Å². The molecule has 23 heavy (non-hydrogen) atoms. The van der Waals surface area contributed by atoms with Gasteiger partial charge in [0.15, 0.2) is 0 Å². The van der Waals surface area contributed by atoms with Gasteiger partial charge in [-0.25, -0.2) is 4.98 Å². The van der Waals surface area contributed by atoms with Gasteiger partial charge in [0.2, 0.25) is 11.8 Å². The fourth-order valence-electron chi connectivity index (χ4n) is 2.89. The van der Waals surface area contributed by atoms with Crippen molar-refractivity contribution in [1.82, 2.24) is 9.88 Å². The highest BCUT2D eigenvalue weighted by Crippen LogP contribution is 2.32. The summed E-state index contributed by atoms with van der Waals surface area (Å²) < 4.78 is 10.8. The number of hydrogen-bond donors (Lipinski definition) is 0. The Kier molecular flexibility index (Phi) is 4.98. The number of benzene rings is 1. The van der Waals surface area contributed by atoms with E-state index in [0.717, 1.165) is 30.7 Å². The minimum absolute atomic E-state index is 0.0209. The van der Waals surface area contributed by atoms with Crippen molar-refractivity contribution in [2.24, 2.45) is 0 Å². The minimum Gasteiger partial charge on any atom is -0.443 e. The number of nitrogens with zero attached hydrogens (tertiary/aromatic N) is 2. The normalized spacial score (nSPS) is 17.7.